The number of aromatic nitrogens is 2. The van der Waals surface area contributed by atoms with Crippen molar-refractivity contribution in [3.63, 3.8) is 0 Å². The fourth-order valence-corrected chi connectivity index (χ4v) is 2.82. The Morgan fingerprint density at radius 2 is 1.88 bits per heavy atom. The monoisotopic (exact) mass is 363 g/mol. The Morgan fingerprint density at radius 3 is 2.62 bits per heavy atom. The van der Waals surface area contributed by atoms with Crippen molar-refractivity contribution in [2.45, 2.75) is 6.29 Å². The van der Waals surface area contributed by atoms with Gasteiger partial charge in [0.25, 0.3) is 0 Å². The smallest absolute Gasteiger partial charge is 0.395 e. The summed E-state index contributed by atoms with van der Waals surface area (Å²) in [5.74, 6) is 0.593. The molecule has 0 radical (unpaired) electrons. The molecule has 0 saturated carbocycles. The molecule has 1 N–H and O–H groups in total. The summed E-state index contributed by atoms with van der Waals surface area (Å²) < 4.78 is 34.8. The van der Waals surface area contributed by atoms with Gasteiger partial charge in [-0.1, -0.05) is 0 Å². The first-order valence-electron chi connectivity index (χ1n) is 7.97. The third-order valence-corrected chi connectivity index (χ3v) is 4.09. The number of fused-ring (bicyclic) bond motifs is 1. The summed E-state index contributed by atoms with van der Waals surface area (Å²) in [7, 11) is 0. The van der Waals surface area contributed by atoms with Crippen molar-refractivity contribution in [2.75, 3.05) is 36.4 Å². The van der Waals surface area contributed by atoms with Crippen LogP contribution in [0.5, 0.6) is 11.5 Å². The molecule has 26 heavy (non-hydrogen) atoms. The van der Waals surface area contributed by atoms with E-state index in [2.05, 4.69) is 24.8 Å². The standard InChI is InChI=1S/C16H15F2N5O3/c17-16(18)25-12-2-1-11(9-13(12)26-16)21-15(24)23-7-5-22(6-8-23)14-10-19-3-4-20-14/h1-4,9-10H,5-8H2,(H,21,24). The number of nitrogens with zero attached hydrogens (tertiary/aromatic N) is 4. The van der Waals surface area contributed by atoms with Crippen LogP contribution < -0.4 is 19.7 Å². The Kier molecular flexibility index (Phi) is 3.94. The molecule has 2 aliphatic rings. The maximum Gasteiger partial charge on any atom is 0.586 e. The number of hydrogen-bond acceptors (Lipinski definition) is 6. The number of halogens is 2. The van der Waals surface area contributed by atoms with Gasteiger partial charge in [-0.25, -0.2) is 9.78 Å². The number of carbonyl (C=O) groups is 1. The minimum absolute atomic E-state index is 0.0643. The zero-order chi connectivity index (χ0) is 18.1. The Balaban J connectivity index is 1.35. The lowest BCUT2D eigenvalue weighted by molar-refractivity contribution is -0.286. The zero-order valence-corrected chi connectivity index (χ0v) is 13.6. The third kappa shape index (κ3) is 3.30. The first kappa shape index (κ1) is 16.3. The molecule has 2 amide bonds. The number of nitrogens with one attached hydrogen (secondary N) is 1. The van der Waals surface area contributed by atoms with E-state index < -0.39 is 6.29 Å². The Morgan fingerprint density at radius 1 is 1.12 bits per heavy atom. The van der Waals surface area contributed by atoms with Gasteiger partial charge in [0.2, 0.25) is 0 Å². The molecule has 1 saturated heterocycles. The summed E-state index contributed by atoms with van der Waals surface area (Å²) in [6.45, 7) is 2.26. The quantitative estimate of drug-likeness (QED) is 0.881. The van der Waals surface area contributed by atoms with Crippen molar-refractivity contribution in [2.24, 2.45) is 0 Å². The summed E-state index contributed by atoms with van der Waals surface area (Å²) >= 11 is 0. The average molecular weight is 363 g/mol. The molecule has 2 aromatic rings. The Hall–Kier alpha value is -3.17. The maximum absolute atomic E-state index is 13.0. The summed E-state index contributed by atoms with van der Waals surface area (Å²) in [4.78, 5) is 24.4. The van der Waals surface area contributed by atoms with Crippen LogP contribution in [0.1, 0.15) is 0 Å². The molecule has 8 nitrogen and oxygen atoms in total. The summed E-state index contributed by atoms with van der Waals surface area (Å²) in [5, 5.41) is 2.68. The normalized spacial score (nSPS) is 17.9. The summed E-state index contributed by atoms with van der Waals surface area (Å²) in [6.07, 6.45) is 1.23. The minimum Gasteiger partial charge on any atom is -0.395 e. The second-order valence-corrected chi connectivity index (χ2v) is 5.80. The second kappa shape index (κ2) is 6.28. The van der Waals surface area contributed by atoms with E-state index in [9.17, 15) is 13.6 Å². The highest BCUT2D eigenvalue weighted by Gasteiger charge is 2.43. The van der Waals surface area contributed by atoms with Crippen molar-refractivity contribution in [1.82, 2.24) is 14.9 Å². The molecule has 2 aliphatic heterocycles. The SMILES string of the molecule is O=C(Nc1ccc2c(c1)OC(F)(F)O2)N1CCN(c2cnccn2)CC1. The van der Waals surface area contributed by atoms with Gasteiger partial charge in [-0.05, 0) is 12.1 Å². The molecule has 0 spiro atoms. The van der Waals surface area contributed by atoms with Crippen molar-refractivity contribution in [3.05, 3.63) is 36.8 Å². The highest BCUT2D eigenvalue weighted by molar-refractivity contribution is 5.90. The number of carbonyl (C=O) groups excluding carboxylic acids is 1. The number of rotatable bonds is 2. The lowest BCUT2D eigenvalue weighted by Gasteiger charge is -2.35. The van der Waals surface area contributed by atoms with E-state index in [1.165, 1.54) is 18.2 Å². The fourth-order valence-electron chi connectivity index (χ4n) is 2.82. The van der Waals surface area contributed by atoms with Crippen LogP contribution in [0.25, 0.3) is 0 Å². The number of anilines is 2. The van der Waals surface area contributed by atoms with Gasteiger partial charge in [-0.2, -0.15) is 0 Å². The molecule has 1 aromatic carbocycles. The lowest BCUT2D eigenvalue weighted by Crippen LogP contribution is -2.50. The van der Waals surface area contributed by atoms with Gasteiger partial charge in [0.05, 0.1) is 6.20 Å². The molecule has 10 heteroatoms. The van der Waals surface area contributed by atoms with E-state index in [1.807, 2.05) is 4.90 Å². The molecule has 0 bridgehead atoms. The molecule has 1 aromatic heterocycles. The number of benzene rings is 1. The second-order valence-electron chi connectivity index (χ2n) is 5.80. The Bertz CT molecular complexity index is 813. The maximum atomic E-state index is 13.0. The molecular formula is C16H15F2N5O3. The van der Waals surface area contributed by atoms with Gasteiger partial charge in [0.15, 0.2) is 11.5 Å². The number of piperazine rings is 1. The van der Waals surface area contributed by atoms with Gasteiger partial charge in [-0.3, -0.25) is 4.98 Å². The predicted molar refractivity (Wildman–Crippen MR) is 87.5 cm³/mol. The van der Waals surface area contributed by atoms with Gasteiger partial charge >= 0.3 is 12.3 Å². The third-order valence-electron chi connectivity index (χ3n) is 4.09. The molecule has 1 fully saturated rings. The predicted octanol–water partition coefficient (Wildman–Crippen LogP) is 2.15. The average Bonchev–Trinajstić information content (AvgIpc) is 2.95. The van der Waals surface area contributed by atoms with Crippen molar-refractivity contribution < 1.29 is 23.0 Å². The van der Waals surface area contributed by atoms with Crippen LogP contribution in [-0.4, -0.2) is 53.4 Å². The van der Waals surface area contributed by atoms with Crippen molar-refractivity contribution >= 4 is 17.5 Å². The molecular weight excluding hydrogens is 348 g/mol. The minimum atomic E-state index is -3.68. The molecule has 3 heterocycles. The topological polar surface area (TPSA) is 79.8 Å². The molecule has 136 valence electrons. The van der Waals surface area contributed by atoms with Crippen LogP contribution in [0, 0.1) is 0 Å². The van der Waals surface area contributed by atoms with Gasteiger partial charge in [0.1, 0.15) is 5.82 Å². The number of urea groups is 1. The van der Waals surface area contributed by atoms with Crippen LogP contribution >= 0.6 is 0 Å². The Labute approximate surface area is 147 Å². The van der Waals surface area contributed by atoms with Crippen LogP contribution in [0.3, 0.4) is 0 Å². The van der Waals surface area contributed by atoms with E-state index >= 15 is 0 Å². The van der Waals surface area contributed by atoms with Crippen LogP contribution in [-0.2, 0) is 0 Å². The first-order chi connectivity index (χ1) is 12.5. The number of alkyl halides is 2. The van der Waals surface area contributed by atoms with Gasteiger partial charge < -0.3 is 24.6 Å². The van der Waals surface area contributed by atoms with Gasteiger partial charge in [0, 0.05) is 50.3 Å². The highest BCUT2D eigenvalue weighted by Crippen LogP contribution is 2.42. The number of amides is 2. The van der Waals surface area contributed by atoms with Crippen molar-refractivity contribution in [3.8, 4) is 11.5 Å². The van der Waals surface area contributed by atoms with E-state index in [-0.39, 0.29) is 17.5 Å². The summed E-state index contributed by atoms with van der Waals surface area (Å²) in [5.41, 5.74) is 0.353. The van der Waals surface area contributed by atoms with Crippen LogP contribution in [0.4, 0.5) is 25.1 Å². The molecule has 0 aliphatic carbocycles. The van der Waals surface area contributed by atoms with E-state index in [0.29, 0.717) is 31.9 Å². The van der Waals surface area contributed by atoms with Crippen LogP contribution in [0.15, 0.2) is 36.8 Å². The molecule has 0 atom stereocenters. The fraction of sp³-hybridized carbons (Fsp3) is 0.312. The first-order valence-corrected chi connectivity index (χ1v) is 7.97. The van der Waals surface area contributed by atoms with Crippen molar-refractivity contribution in [1.29, 1.82) is 0 Å². The van der Waals surface area contributed by atoms with Gasteiger partial charge in [-0.15, -0.1) is 8.78 Å². The molecule has 0 unspecified atom stereocenters. The highest BCUT2D eigenvalue weighted by atomic mass is 19.3. The molecule has 4 rings (SSSR count). The van der Waals surface area contributed by atoms with Crippen LogP contribution in [0.2, 0.25) is 0 Å². The lowest BCUT2D eigenvalue weighted by atomic mass is 10.2. The van der Waals surface area contributed by atoms with E-state index in [4.69, 9.17) is 0 Å². The number of ether oxygens (including phenoxy) is 2. The largest absolute Gasteiger partial charge is 0.586 e. The van der Waals surface area contributed by atoms with E-state index in [1.54, 1.807) is 23.5 Å². The summed E-state index contributed by atoms with van der Waals surface area (Å²) in [6, 6.07) is 3.81. The number of hydrogen-bond donors (Lipinski definition) is 1. The van der Waals surface area contributed by atoms with E-state index in [0.717, 1.165) is 5.82 Å². The zero-order valence-electron chi connectivity index (χ0n) is 13.6.